The summed E-state index contributed by atoms with van der Waals surface area (Å²) in [6.07, 6.45) is 3.04. The summed E-state index contributed by atoms with van der Waals surface area (Å²) in [5.41, 5.74) is 0.911. The lowest BCUT2D eigenvalue weighted by Crippen LogP contribution is -2.05. The van der Waals surface area contributed by atoms with Crippen LogP contribution in [0.4, 0.5) is 0 Å². The van der Waals surface area contributed by atoms with E-state index in [-0.39, 0.29) is 0 Å². The van der Waals surface area contributed by atoms with E-state index >= 15 is 0 Å². The molecule has 23 heavy (non-hydrogen) atoms. The molecule has 2 rings (SSSR count). The molecule has 0 aliphatic rings. The van der Waals surface area contributed by atoms with E-state index in [1.54, 1.807) is 18.2 Å². The lowest BCUT2D eigenvalue weighted by molar-refractivity contribution is -0.128. The standard InChI is InChI=1S/C18H18O5/c1-20-15-11-14(12-16(21-2)18(15)22-3)23-17(19)10-9-13-7-5-4-6-8-13/h4-12H,1-3H3. The zero-order valence-electron chi connectivity index (χ0n) is 13.2. The van der Waals surface area contributed by atoms with Crippen LogP contribution in [0.5, 0.6) is 23.0 Å². The molecular weight excluding hydrogens is 296 g/mol. The van der Waals surface area contributed by atoms with Gasteiger partial charge in [0, 0.05) is 18.2 Å². The molecule has 0 atom stereocenters. The summed E-state index contributed by atoms with van der Waals surface area (Å²) in [5.74, 6) is 1.09. The number of hydrogen-bond acceptors (Lipinski definition) is 5. The fraction of sp³-hybridized carbons (Fsp3) is 0.167. The molecule has 0 aromatic heterocycles. The first-order chi connectivity index (χ1) is 11.2. The zero-order chi connectivity index (χ0) is 16.7. The lowest BCUT2D eigenvalue weighted by atomic mass is 10.2. The molecule has 0 fully saturated rings. The SMILES string of the molecule is COc1cc(OC(=O)C=Cc2ccccc2)cc(OC)c1OC. The van der Waals surface area contributed by atoms with E-state index in [1.165, 1.54) is 27.4 Å². The van der Waals surface area contributed by atoms with Gasteiger partial charge in [-0.05, 0) is 11.6 Å². The summed E-state index contributed by atoms with van der Waals surface area (Å²) < 4.78 is 20.9. The fourth-order valence-electron chi connectivity index (χ4n) is 1.99. The van der Waals surface area contributed by atoms with Gasteiger partial charge in [-0.1, -0.05) is 30.3 Å². The molecule has 120 valence electrons. The third-order valence-corrected chi connectivity index (χ3v) is 3.07. The topological polar surface area (TPSA) is 54.0 Å². The molecule has 0 saturated heterocycles. The van der Waals surface area contributed by atoms with Gasteiger partial charge in [-0.3, -0.25) is 0 Å². The van der Waals surface area contributed by atoms with Crippen LogP contribution >= 0.6 is 0 Å². The molecule has 0 radical (unpaired) electrons. The molecule has 0 spiro atoms. The van der Waals surface area contributed by atoms with E-state index < -0.39 is 5.97 Å². The first-order valence-electron chi connectivity index (χ1n) is 6.93. The molecule has 5 heteroatoms. The predicted octanol–water partition coefficient (Wildman–Crippen LogP) is 3.33. The second-order valence-corrected chi connectivity index (χ2v) is 4.53. The maximum atomic E-state index is 11.9. The minimum Gasteiger partial charge on any atom is -0.493 e. The molecule has 5 nitrogen and oxygen atoms in total. The van der Waals surface area contributed by atoms with Gasteiger partial charge in [-0.2, -0.15) is 0 Å². The van der Waals surface area contributed by atoms with E-state index in [1.807, 2.05) is 30.3 Å². The van der Waals surface area contributed by atoms with Crippen molar-refractivity contribution < 1.29 is 23.7 Å². The van der Waals surface area contributed by atoms with Gasteiger partial charge in [-0.15, -0.1) is 0 Å². The summed E-state index contributed by atoms with van der Waals surface area (Å²) in [6.45, 7) is 0. The van der Waals surface area contributed by atoms with Crippen LogP contribution in [0, 0.1) is 0 Å². The Kier molecular flexibility index (Phi) is 5.63. The number of esters is 1. The monoisotopic (exact) mass is 314 g/mol. The maximum absolute atomic E-state index is 11.9. The quantitative estimate of drug-likeness (QED) is 0.465. The van der Waals surface area contributed by atoms with E-state index in [0.717, 1.165) is 5.56 Å². The first-order valence-corrected chi connectivity index (χ1v) is 6.93. The summed E-state index contributed by atoms with van der Waals surface area (Å²) in [7, 11) is 4.51. The molecule has 0 heterocycles. The Hall–Kier alpha value is -2.95. The highest BCUT2D eigenvalue weighted by molar-refractivity contribution is 5.88. The van der Waals surface area contributed by atoms with Crippen LogP contribution in [0.1, 0.15) is 5.56 Å². The molecule has 2 aromatic carbocycles. The summed E-state index contributed by atoms with van der Waals surface area (Å²) in [4.78, 5) is 11.9. The zero-order valence-corrected chi connectivity index (χ0v) is 13.2. The second-order valence-electron chi connectivity index (χ2n) is 4.53. The van der Waals surface area contributed by atoms with Crippen molar-refractivity contribution in [1.82, 2.24) is 0 Å². The third kappa shape index (κ3) is 4.26. The Morgan fingerprint density at radius 1 is 0.913 bits per heavy atom. The van der Waals surface area contributed by atoms with Gasteiger partial charge in [0.05, 0.1) is 21.3 Å². The highest BCUT2D eigenvalue weighted by atomic mass is 16.5. The molecule has 2 aromatic rings. The van der Waals surface area contributed by atoms with Gasteiger partial charge in [0.2, 0.25) is 5.75 Å². The van der Waals surface area contributed by atoms with Crippen molar-refractivity contribution in [3.63, 3.8) is 0 Å². The van der Waals surface area contributed by atoms with Gasteiger partial charge in [-0.25, -0.2) is 4.79 Å². The Morgan fingerprint density at radius 3 is 2.04 bits per heavy atom. The van der Waals surface area contributed by atoms with Crippen LogP contribution < -0.4 is 18.9 Å². The summed E-state index contributed by atoms with van der Waals surface area (Å²) in [5, 5.41) is 0. The lowest BCUT2D eigenvalue weighted by Gasteiger charge is -2.13. The maximum Gasteiger partial charge on any atom is 0.336 e. The van der Waals surface area contributed by atoms with Crippen LogP contribution in [-0.4, -0.2) is 27.3 Å². The molecule has 0 saturated carbocycles. The van der Waals surface area contributed by atoms with Crippen LogP contribution in [0.3, 0.4) is 0 Å². The largest absolute Gasteiger partial charge is 0.493 e. The molecule has 0 bridgehead atoms. The average molecular weight is 314 g/mol. The van der Waals surface area contributed by atoms with E-state index in [2.05, 4.69) is 0 Å². The molecule has 0 amide bonds. The first kappa shape index (κ1) is 16.4. The smallest absolute Gasteiger partial charge is 0.336 e. The van der Waals surface area contributed by atoms with Crippen molar-refractivity contribution in [3.05, 3.63) is 54.1 Å². The Balaban J connectivity index is 2.16. The van der Waals surface area contributed by atoms with E-state index in [0.29, 0.717) is 23.0 Å². The van der Waals surface area contributed by atoms with Crippen molar-refractivity contribution in [2.45, 2.75) is 0 Å². The fourth-order valence-corrected chi connectivity index (χ4v) is 1.99. The van der Waals surface area contributed by atoms with Crippen LogP contribution in [0.15, 0.2) is 48.5 Å². The second kappa shape index (κ2) is 7.89. The average Bonchev–Trinajstić information content (AvgIpc) is 2.59. The summed E-state index contributed by atoms with van der Waals surface area (Å²) in [6, 6.07) is 12.6. The number of rotatable bonds is 6. The number of hydrogen-bond donors (Lipinski definition) is 0. The Labute approximate surface area is 135 Å². The van der Waals surface area contributed by atoms with Crippen LogP contribution in [-0.2, 0) is 4.79 Å². The van der Waals surface area contributed by atoms with Gasteiger partial charge in [0.15, 0.2) is 11.5 Å². The van der Waals surface area contributed by atoms with E-state index in [9.17, 15) is 4.79 Å². The van der Waals surface area contributed by atoms with Crippen molar-refractivity contribution in [3.8, 4) is 23.0 Å². The minimum absolute atomic E-state index is 0.308. The van der Waals surface area contributed by atoms with Crippen molar-refractivity contribution in [1.29, 1.82) is 0 Å². The third-order valence-electron chi connectivity index (χ3n) is 3.07. The molecular formula is C18H18O5. The molecule has 0 unspecified atom stereocenters. The highest BCUT2D eigenvalue weighted by Crippen LogP contribution is 2.40. The van der Waals surface area contributed by atoms with Gasteiger partial charge in [0.1, 0.15) is 5.75 Å². The Morgan fingerprint density at radius 2 is 1.52 bits per heavy atom. The normalized spacial score (nSPS) is 10.4. The highest BCUT2D eigenvalue weighted by Gasteiger charge is 2.15. The number of carbonyl (C=O) groups is 1. The number of benzene rings is 2. The predicted molar refractivity (Wildman–Crippen MR) is 87.2 cm³/mol. The van der Waals surface area contributed by atoms with Crippen molar-refractivity contribution in [2.75, 3.05) is 21.3 Å². The van der Waals surface area contributed by atoms with Crippen LogP contribution in [0.25, 0.3) is 6.08 Å². The summed E-state index contributed by atoms with van der Waals surface area (Å²) >= 11 is 0. The van der Waals surface area contributed by atoms with Crippen molar-refractivity contribution >= 4 is 12.0 Å². The van der Waals surface area contributed by atoms with Gasteiger partial charge < -0.3 is 18.9 Å². The minimum atomic E-state index is -0.497. The van der Waals surface area contributed by atoms with Gasteiger partial charge >= 0.3 is 5.97 Å². The Bertz CT molecular complexity index is 667. The molecule has 0 aliphatic heterocycles. The van der Waals surface area contributed by atoms with Crippen molar-refractivity contribution in [2.24, 2.45) is 0 Å². The molecule has 0 N–H and O–H groups in total. The molecule has 0 aliphatic carbocycles. The van der Waals surface area contributed by atoms with Gasteiger partial charge in [0.25, 0.3) is 0 Å². The number of ether oxygens (including phenoxy) is 4. The van der Waals surface area contributed by atoms with Crippen LogP contribution in [0.2, 0.25) is 0 Å². The van der Waals surface area contributed by atoms with E-state index in [4.69, 9.17) is 18.9 Å². The number of methoxy groups -OCH3 is 3. The number of carbonyl (C=O) groups excluding carboxylic acids is 1.